The lowest BCUT2D eigenvalue weighted by Crippen LogP contribution is -2.14. The molecule has 0 radical (unpaired) electrons. The van der Waals surface area contributed by atoms with Crippen LogP contribution in [0.15, 0.2) is 60.7 Å². The summed E-state index contributed by atoms with van der Waals surface area (Å²) in [5, 5.41) is 9.20. The molecule has 0 saturated carbocycles. The first kappa shape index (κ1) is 29.0. The van der Waals surface area contributed by atoms with Gasteiger partial charge in [-0.25, -0.2) is 4.39 Å². The Hall–Kier alpha value is -3.55. The van der Waals surface area contributed by atoms with Crippen molar-refractivity contribution in [2.75, 3.05) is 7.11 Å². The normalized spacial score (nSPS) is 12.7. The molecule has 4 nitrogen and oxygen atoms in total. The van der Waals surface area contributed by atoms with Crippen LogP contribution in [0.1, 0.15) is 62.6 Å². The third kappa shape index (κ3) is 7.97. The fourth-order valence-electron chi connectivity index (χ4n) is 4.33. The highest BCUT2D eigenvalue weighted by Gasteiger charge is 2.29. The standard InChI is InChI=1S/C30H32F4O4/c1-29(2,3)26-14-19(8-10-24(26)25-17-22(37-4)9-11-27(25)31)18-38-23-7-5-6-20(15-23)21(16-28(35)36)12-13-30(32,33)34/h5-11,14-15,17,21H,12-13,16,18H2,1-4H3,(H,35,36)/t21-/m1/s1. The van der Waals surface area contributed by atoms with Gasteiger partial charge in [-0.3, -0.25) is 4.79 Å². The third-order valence-corrected chi connectivity index (χ3v) is 6.29. The molecule has 1 atom stereocenters. The zero-order chi connectivity index (χ0) is 28.1. The van der Waals surface area contributed by atoms with Gasteiger partial charge in [0.05, 0.1) is 13.5 Å². The second kappa shape index (κ2) is 11.9. The van der Waals surface area contributed by atoms with Crippen molar-refractivity contribution in [1.29, 1.82) is 0 Å². The van der Waals surface area contributed by atoms with E-state index in [9.17, 15) is 27.5 Å². The topological polar surface area (TPSA) is 55.8 Å². The first-order valence-corrected chi connectivity index (χ1v) is 12.3. The van der Waals surface area contributed by atoms with Crippen LogP contribution in [0.5, 0.6) is 11.5 Å². The number of benzene rings is 3. The van der Waals surface area contributed by atoms with Crippen LogP contribution in [-0.2, 0) is 16.8 Å². The Morgan fingerprint density at radius 1 is 0.947 bits per heavy atom. The van der Waals surface area contributed by atoms with E-state index in [1.807, 2.05) is 39.0 Å². The van der Waals surface area contributed by atoms with Crippen LogP contribution in [0, 0.1) is 5.82 Å². The number of aliphatic carboxylic acids is 1. The zero-order valence-corrected chi connectivity index (χ0v) is 21.9. The molecule has 0 heterocycles. The first-order valence-electron chi connectivity index (χ1n) is 12.3. The highest BCUT2D eigenvalue weighted by atomic mass is 19.4. The van der Waals surface area contributed by atoms with Crippen molar-refractivity contribution in [3.05, 3.63) is 83.2 Å². The van der Waals surface area contributed by atoms with Crippen LogP contribution in [0.25, 0.3) is 11.1 Å². The molecular weight excluding hydrogens is 500 g/mol. The van der Waals surface area contributed by atoms with Gasteiger partial charge in [-0.05, 0) is 70.3 Å². The molecule has 0 saturated heterocycles. The number of hydrogen-bond donors (Lipinski definition) is 1. The van der Waals surface area contributed by atoms with Crippen molar-refractivity contribution in [2.45, 2.75) is 64.1 Å². The number of carboxylic acids is 1. The third-order valence-electron chi connectivity index (χ3n) is 6.29. The smallest absolute Gasteiger partial charge is 0.389 e. The van der Waals surface area contributed by atoms with Gasteiger partial charge in [0.1, 0.15) is 23.9 Å². The summed E-state index contributed by atoms with van der Waals surface area (Å²) in [6.07, 6.45) is -6.16. The SMILES string of the molecule is COc1ccc(F)c(-c2ccc(COc3cccc([C@H](CCC(F)(F)F)CC(=O)O)c3)cc2C(C)(C)C)c1. The van der Waals surface area contributed by atoms with Crippen LogP contribution in [0.4, 0.5) is 17.6 Å². The number of carboxylic acid groups (broad SMARTS) is 1. The lowest BCUT2D eigenvalue weighted by Gasteiger charge is -2.25. The van der Waals surface area contributed by atoms with Gasteiger partial charge in [0.15, 0.2) is 0 Å². The molecule has 3 aromatic carbocycles. The largest absolute Gasteiger partial charge is 0.497 e. The van der Waals surface area contributed by atoms with Crippen LogP contribution < -0.4 is 9.47 Å². The fraction of sp³-hybridized carbons (Fsp3) is 0.367. The van der Waals surface area contributed by atoms with Gasteiger partial charge in [0.25, 0.3) is 0 Å². The van der Waals surface area contributed by atoms with Crippen molar-refractivity contribution in [2.24, 2.45) is 0 Å². The molecule has 8 heteroatoms. The van der Waals surface area contributed by atoms with Crippen molar-refractivity contribution in [1.82, 2.24) is 0 Å². The molecule has 0 aromatic heterocycles. The Morgan fingerprint density at radius 2 is 1.68 bits per heavy atom. The van der Waals surface area contributed by atoms with Gasteiger partial charge in [0, 0.05) is 12.0 Å². The lowest BCUT2D eigenvalue weighted by molar-refractivity contribution is -0.142. The summed E-state index contributed by atoms with van der Waals surface area (Å²) in [4.78, 5) is 11.3. The Kier molecular flexibility index (Phi) is 9.07. The van der Waals surface area contributed by atoms with Gasteiger partial charge in [0.2, 0.25) is 0 Å². The molecule has 1 N–H and O–H groups in total. The molecule has 3 rings (SSSR count). The molecule has 0 bridgehead atoms. The van der Waals surface area contributed by atoms with E-state index in [1.165, 1.54) is 13.2 Å². The summed E-state index contributed by atoms with van der Waals surface area (Å²) in [5.41, 5.74) is 3.07. The van der Waals surface area contributed by atoms with Crippen LogP contribution in [0.3, 0.4) is 0 Å². The molecular formula is C30H32F4O4. The number of ether oxygens (including phenoxy) is 2. The number of methoxy groups -OCH3 is 1. The monoisotopic (exact) mass is 532 g/mol. The predicted molar refractivity (Wildman–Crippen MR) is 138 cm³/mol. The van der Waals surface area contributed by atoms with Gasteiger partial charge in [-0.15, -0.1) is 0 Å². The quantitative estimate of drug-likeness (QED) is 0.267. The summed E-state index contributed by atoms with van der Waals surface area (Å²) < 4.78 is 64.3. The Labute approximate surface area is 220 Å². The molecule has 0 spiro atoms. The van der Waals surface area contributed by atoms with E-state index in [2.05, 4.69) is 0 Å². The molecule has 0 fully saturated rings. The van der Waals surface area contributed by atoms with E-state index in [1.54, 1.807) is 36.4 Å². The molecule has 3 aromatic rings. The molecule has 0 aliphatic carbocycles. The van der Waals surface area contributed by atoms with Crippen LogP contribution in [-0.4, -0.2) is 24.4 Å². The summed E-state index contributed by atoms with van der Waals surface area (Å²) >= 11 is 0. The second-order valence-electron chi connectivity index (χ2n) is 10.3. The van der Waals surface area contributed by atoms with Gasteiger partial charge in [-0.1, -0.05) is 51.1 Å². The maximum Gasteiger partial charge on any atom is 0.389 e. The summed E-state index contributed by atoms with van der Waals surface area (Å²) in [5.74, 6) is -1.35. The van der Waals surface area contributed by atoms with E-state index in [0.717, 1.165) is 16.7 Å². The molecule has 204 valence electrons. The van der Waals surface area contributed by atoms with E-state index >= 15 is 0 Å². The van der Waals surface area contributed by atoms with E-state index < -0.39 is 30.9 Å². The van der Waals surface area contributed by atoms with Crippen LogP contribution in [0.2, 0.25) is 0 Å². The average molecular weight is 533 g/mol. The maximum atomic E-state index is 14.8. The lowest BCUT2D eigenvalue weighted by atomic mass is 9.81. The molecule has 0 aliphatic rings. The number of hydrogen-bond acceptors (Lipinski definition) is 3. The van der Waals surface area contributed by atoms with Crippen molar-refractivity contribution < 1.29 is 36.9 Å². The van der Waals surface area contributed by atoms with Crippen LogP contribution >= 0.6 is 0 Å². The Morgan fingerprint density at radius 3 is 2.32 bits per heavy atom. The minimum atomic E-state index is -4.37. The zero-order valence-electron chi connectivity index (χ0n) is 21.9. The highest BCUT2D eigenvalue weighted by Crippen LogP contribution is 2.37. The fourth-order valence-corrected chi connectivity index (χ4v) is 4.33. The van der Waals surface area contributed by atoms with Gasteiger partial charge >= 0.3 is 12.1 Å². The van der Waals surface area contributed by atoms with Crippen molar-refractivity contribution in [3.8, 4) is 22.6 Å². The highest BCUT2D eigenvalue weighted by molar-refractivity contribution is 5.71. The van der Waals surface area contributed by atoms with Crippen molar-refractivity contribution in [3.63, 3.8) is 0 Å². The minimum absolute atomic E-state index is 0.166. The number of rotatable bonds is 10. The summed E-state index contributed by atoms with van der Waals surface area (Å²) in [6.45, 7) is 6.25. The average Bonchev–Trinajstić information content (AvgIpc) is 2.84. The molecule has 0 amide bonds. The molecule has 38 heavy (non-hydrogen) atoms. The summed E-state index contributed by atoms with van der Waals surface area (Å²) in [7, 11) is 1.53. The Balaban J connectivity index is 1.85. The maximum absolute atomic E-state index is 14.8. The first-order chi connectivity index (χ1) is 17.8. The second-order valence-corrected chi connectivity index (χ2v) is 10.3. The van der Waals surface area contributed by atoms with E-state index in [-0.39, 0.29) is 24.3 Å². The van der Waals surface area contributed by atoms with Gasteiger partial charge in [-0.2, -0.15) is 13.2 Å². The predicted octanol–water partition coefficient (Wildman–Crippen LogP) is 8.28. The molecule has 0 aliphatic heterocycles. The Bertz CT molecular complexity index is 1260. The number of halogens is 4. The number of alkyl halides is 3. The summed E-state index contributed by atoms with van der Waals surface area (Å²) in [6, 6.07) is 16.8. The van der Waals surface area contributed by atoms with Gasteiger partial charge < -0.3 is 14.6 Å². The van der Waals surface area contributed by atoms with E-state index in [4.69, 9.17) is 9.47 Å². The minimum Gasteiger partial charge on any atom is -0.497 e. The van der Waals surface area contributed by atoms with E-state index in [0.29, 0.717) is 22.6 Å². The molecule has 0 unspecified atom stereocenters. The number of carbonyl (C=O) groups is 1. The van der Waals surface area contributed by atoms with Crippen molar-refractivity contribution >= 4 is 5.97 Å².